The van der Waals surface area contributed by atoms with E-state index in [1.54, 1.807) is 12.4 Å². The summed E-state index contributed by atoms with van der Waals surface area (Å²) in [4.78, 5) is 11.0. The van der Waals surface area contributed by atoms with Crippen LogP contribution in [0.5, 0.6) is 0 Å². The van der Waals surface area contributed by atoms with Crippen molar-refractivity contribution in [1.82, 2.24) is 14.9 Å². The van der Waals surface area contributed by atoms with Gasteiger partial charge in [0.15, 0.2) is 0 Å². The standard InChI is InChI=1S/C11H18N4/c1-15-6-3-9(8-15)10(7-12)11-13-4-2-5-14-11/h2,4-5,9-10H,3,6-8,12H2,1H3. The Morgan fingerprint density at radius 3 is 2.80 bits per heavy atom. The van der Waals surface area contributed by atoms with Gasteiger partial charge in [0, 0.05) is 31.4 Å². The van der Waals surface area contributed by atoms with E-state index in [0.717, 1.165) is 18.9 Å². The Balaban J connectivity index is 2.11. The van der Waals surface area contributed by atoms with Gasteiger partial charge in [0.1, 0.15) is 5.82 Å². The van der Waals surface area contributed by atoms with E-state index in [1.807, 2.05) is 6.07 Å². The molecule has 1 aliphatic rings. The van der Waals surface area contributed by atoms with Crippen LogP contribution in [0.15, 0.2) is 18.5 Å². The summed E-state index contributed by atoms with van der Waals surface area (Å²) in [5.74, 6) is 1.83. The van der Waals surface area contributed by atoms with Crippen molar-refractivity contribution >= 4 is 0 Å². The van der Waals surface area contributed by atoms with Crippen LogP contribution in [0.1, 0.15) is 18.2 Å². The fraction of sp³-hybridized carbons (Fsp3) is 0.636. The molecule has 15 heavy (non-hydrogen) atoms. The zero-order valence-electron chi connectivity index (χ0n) is 9.13. The van der Waals surface area contributed by atoms with Crippen molar-refractivity contribution in [3.05, 3.63) is 24.3 Å². The van der Waals surface area contributed by atoms with Gasteiger partial charge in [0.2, 0.25) is 0 Å². The van der Waals surface area contributed by atoms with Gasteiger partial charge < -0.3 is 10.6 Å². The Hall–Kier alpha value is -1.00. The first-order valence-corrected chi connectivity index (χ1v) is 5.46. The minimum Gasteiger partial charge on any atom is -0.330 e. The second-order valence-corrected chi connectivity index (χ2v) is 4.26. The van der Waals surface area contributed by atoms with Gasteiger partial charge in [-0.1, -0.05) is 0 Å². The molecule has 1 aromatic heterocycles. The fourth-order valence-electron chi connectivity index (χ4n) is 2.31. The average molecular weight is 206 g/mol. The summed E-state index contributed by atoms with van der Waals surface area (Å²) in [6, 6.07) is 1.85. The van der Waals surface area contributed by atoms with E-state index >= 15 is 0 Å². The zero-order valence-corrected chi connectivity index (χ0v) is 9.13. The molecule has 2 rings (SSSR count). The van der Waals surface area contributed by atoms with Crippen LogP contribution in [-0.2, 0) is 0 Å². The molecule has 2 N–H and O–H groups in total. The van der Waals surface area contributed by atoms with Crippen molar-refractivity contribution in [2.24, 2.45) is 11.7 Å². The third kappa shape index (κ3) is 2.33. The lowest BCUT2D eigenvalue weighted by Crippen LogP contribution is -2.25. The third-order valence-corrected chi connectivity index (χ3v) is 3.17. The summed E-state index contributed by atoms with van der Waals surface area (Å²) in [6.07, 6.45) is 4.80. The summed E-state index contributed by atoms with van der Waals surface area (Å²) in [5, 5.41) is 0. The van der Waals surface area contributed by atoms with Gasteiger partial charge in [-0.25, -0.2) is 9.97 Å². The number of aromatic nitrogens is 2. The highest BCUT2D eigenvalue weighted by atomic mass is 15.1. The molecule has 1 saturated heterocycles. The Bertz CT molecular complexity index is 301. The maximum Gasteiger partial charge on any atom is 0.132 e. The third-order valence-electron chi connectivity index (χ3n) is 3.17. The van der Waals surface area contributed by atoms with E-state index in [-0.39, 0.29) is 0 Å². The maximum absolute atomic E-state index is 5.83. The van der Waals surface area contributed by atoms with Gasteiger partial charge in [0.05, 0.1) is 0 Å². The molecule has 0 amide bonds. The number of nitrogens with two attached hydrogens (primary N) is 1. The maximum atomic E-state index is 5.83. The van der Waals surface area contributed by atoms with Crippen molar-refractivity contribution in [2.75, 3.05) is 26.7 Å². The van der Waals surface area contributed by atoms with Crippen LogP contribution < -0.4 is 5.73 Å². The lowest BCUT2D eigenvalue weighted by Gasteiger charge is -2.20. The smallest absolute Gasteiger partial charge is 0.132 e. The summed E-state index contributed by atoms with van der Waals surface area (Å²) >= 11 is 0. The van der Waals surface area contributed by atoms with Crippen molar-refractivity contribution in [3.8, 4) is 0 Å². The van der Waals surface area contributed by atoms with E-state index in [2.05, 4.69) is 21.9 Å². The van der Waals surface area contributed by atoms with Gasteiger partial charge >= 0.3 is 0 Å². The number of likely N-dealkylation sites (tertiary alicyclic amines) is 1. The van der Waals surface area contributed by atoms with E-state index < -0.39 is 0 Å². The predicted octanol–water partition coefficient (Wildman–Crippen LogP) is 0.471. The molecule has 4 nitrogen and oxygen atoms in total. The van der Waals surface area contributed by atoms with E-state index in [0.29, 0.717) is 18.4 Å². The Morgan fingerprint density at radius 2 is 2.27 bits per heavy atom. The molecule has 0 spiro atoms. The summed E-state index contributed by atoms with van der Waals surface area (Å²) in [6.45, 7) is 2.91. The van der Waals surface area contributed by atoms with Crippen LogP contribution in [0.25, 0.3) is 0 Å². The van der Waals surface area contributed by atoms with Crippen molar-refractivity contribution in [2.45, 2.75) is 12.3 Å². The van der Waals surface area contributed by atoms with E-state index in [9.17, 15) is 0 Å². The van der Waals surface area contributed by atoms with Crippen LogP contribution in [0.3, 0.4) is 0 Å². The summed E-state index contributed by atoms with van der Waals surface area (Å²) < 4.78 is 0. The van der Waals surface area contributed by atoms with Gasteiger partial charge in [-0.15, -0.1) is 0 Å². The lowest BCUT2D eigenvalue weighted by atomic mass is 9.91. The van der Waals surface area contributed by atoms with Crippen LogP contribution in [0.4, 0.5) is 0 Å². The summed E-state index contributed by atoms with van der Waals surface area (Å²) in [7, 11) is 2.15. The van der Waals surface area contributed by atoms with Crippen molar-refractivity contribution in [3.63, 3.8) is 0 Å². The minimum atomic E-state index is 0.316. The number of hydrogen-bond acceptors (Lipinski definition) is 4. The highest BCUT2D eigenvalue weighted by Gasteiger charge is 2.29. The number of hydrogen-bond donors (Lipinski definition) is 1. The average Bonchev–Trinajstić information content (AvgIpc) is 2.68. The number of nitrogens with zero attached hydrogens (tertiary/aromatic N) is 3. The fourth-order valence-corrected chi connectivity index (χ4v) is 2.31. The quantitative estimate of drug-likeness (QED) is 0.781. The monoisotopic (exact) mass is 206 g/mol. The lowest BCUT2D eigenvalue weighted by molar-refractivity contribution is 0.366. The molecule has 2 heterocycles. The molecule has 0 saturated carbocycles. The molecule has 0 bridgehead atoms. The molecule has 2 unspecified atom stereocenters. The molecule has 4 heteroatoms. The zero-order chi connectivity index (χ0) is 10.7. The molecule has 0 aliphatic carbocycles. The molecule has 1 fully saturated rings. The van der Waals surface area contributed by atoms with Crippen LogP contribution in [0.2, 0.25) is 0 Å². The van der Waals surface area contributed by atoms with Crippen molar-refractivity contribution < 1.29 is 0 Å². The second kappa shape index (κ2) is 4.68. The number of rotatable bonds is 3. The van der Waals surface area contributed by atoms with Crippen LogP contribution in [-0.4, -0.2) is 41.5 Å². The minimum absolute atomic E-state index is 0.316. The second-order valence-electron chi connectivity index (χ2n) is 4.26. The molecule has 0 aromatic carbocycles. The van der Waals surface area contributed by atoms with E-state index in [1.165, 1.54) is 6.42 Å². The van der Waals surface area contributed by atoms with Gasteiger partial charge in [0.25, 0.3) is 0 Å². The highest BCUT2D eigenvalue weighted by Crippen LogP contribution is 2.28. The molecule has 1 aliphatic heterocycles. The first-order chi connectivity index (χ1) is 7.31. The predicted molar refractivity (Wildman–Crippen MR) is 59.4 cm³/mol. The topological polar surface area (TPSA) is 55.0 Å². The van der Waals surface area contributed by atoms with Gasteiger partial charge in [-0.05, 0) is 32.0 Å². The van der Waals surface area contributed by atoms with Crippen LogP contribution >= 0.6 is 0 Å². The molecular formula is C11H18N4. The Labute approximate surface area is 90.5 Å². The molecule has 82 valence electrons. The van der Waals surface area contributed by atoms with Gasteiger partial charge in [-0.3, -0.25) is 0 Å². The molecule has 2 atom stereocenters. The first-order valence-electron chi connectivity index (χ1n) is 5.46. The molecule has 0 radical (unpaired) electrons. The highest BCUT2D eigenvalue weighted by molar-refractivity contribution is 5.02. The van der Waals surface area contributed by atoms with E-state index in [4.69, 9.17) is 5.73 Å². The molecular weight excluding hydrogens is 188 g/mol. The summed E-state index contributed by atoms with van der Waals surface area (Å²) in [5.41, 5.74) is 5.83. The largest absolute Gasteiger partial charge is 0.330 e. The van der Waals surface area contributed by atoms with Crippen LogP contribution in [0, 0.1) is 5.92 Å². The Kier molecular flexibility index (Phi) is 3.28. The Morgan fingerprint density at radius 1 is 1.53 bits per heavy atom. The molecule has 1 aromatic rings. The first kappa shape index (κ1) is 10.5. The van der Waals surface area contributed by atoms with Gasteiger partial charge in [-0.2, -0.15) is 0 Å². The van der Waals surface area contributed by atoms with Crippen molar-refractivity contribution in [1.29, 1.82) is 0 Å². The normalized spacial score (nSPS) is 24.3. The SMILES string of the molecule is CN1CCC(C(CN)c2ncccn2)C1.